The highest BCUT2D eigenvalue weighted by molar-refractivity contribution is 5.95. The molecule has 2 fully saturated rings. The second-order valence-corrected chi connectivity index (χ2v) is 5.27. The van der Waals surface area contributed by atoms with Crippen molar-refractivity contribution in [3.05, 3.63) is 18.2 Å². The van der Waals surface area contributed by atoms with Crippen molar-refractivity contribution in [1.29, 1.82) is 0 Å². The summed E-state index contributed by atoms with van der Waals surface area (Å²) in [6.07, 6.45) is -1.48. The first-order valence-corrected chi connectivity index (χ1v) is 7.01. The van der Waals surface area contributed by atoms with Crippen molar-refractivity contribution in [2.45, 2.75) is 12.1 Å². The molecule has 1 aromatic rings. The van der Waals surface area contributed by atoms with Gasteiger partial charge in [-0.3, -0.25) is 9.80 Å². The Balaban J connectivity index is 1.68. The Kier molecular flexibility index (Phi) is 2.86. The second kappa shape index (κ2) is 4.77. The molecule has 4 rings (SSSR count). The summed E-state index contributed by atoms with van der Waals surface area (Å²) < 4.78 is 15.7. The molecule has 0 radical (unpaired) electrons. The number of benzene rings is 1. The van der Waals surface area contributed by atoms with Crippen molar-refractivity contribution < 1.29 is 28.9 Å². The summed E-state index contributed by atoms with van der Waals surface area (Å²) in [5.74, 6) is 0.504. The molecule has 2 amide bonds. The number of hydrogen-bond donors (Lipinski definition) is 1. The number of carbonyl (C=O) groups excluding carboxylic acids is 2. The van der Waals surface area contributed by atoms with Crippen LogP contribution in [0, 0.1) is 0 Å². The fourth-order valence-corrected chi connectivity index (χ4v) is 2.97. The third-order valence-corrected chi connectivity index (χ3v) is 4.07. The highest BCUT2D eigenvalue weighted by Gasteiger charge is 2.46. The standard InChI is InChI=1S/C14H14N2O6/c17-6-12-10-7-21-11-5-8(15-3-4-20-13(15)18)1-2-9(11)16(10)14(19)22-12/h1-2,5,10,12,17H,3-4,6-7H2. The Labute approximate surface area is 125 Å². The minimum absolute atomic E-state index is 0.234. The molecule has 116 valence electrons. The van der Waals surface area contributed by atoms with Crippen LogP contribution >= 0.6 is 0 Å². The van der Waals surface area contributed by atoms with Crippen molar-refractivity contribution >= 4 is 23.6 Å². The normalized spacial score (nSPS) is 26.2. The molecule has 2 unspecified atom stereocenters. The number of carbonyl (C=O) groups is 2. The van der Waals surface area contributed by atoms with E-state index in [-0.39, 0.29) is 19.3 Å². The van der Waals surface area contributed by atoms with Gasteiger partial charge in [0.05, 0.1) is 24.5 Å². The molecule has 0 saturated carbocycles. The first-order valence-electron chi connectivity index (χ1n) is 7.01. The van der Waals surface area contributed by atoms with E-state index < -0.39 is 18.3 Å². The number of rotatable bonds is 2. The quantitative estimate of drug-likeness (QED) is 0.866. The molecule has 2 atom stereocenters. The first kappa shape index (κ1) is 13.2. The van der Waals surface area contributed by atoms with Crippen LogP contribution in [0.5, 0.6) is 5.75 Å². The van der Waals surface area contributed by atoms with Gasteiger partial charge in [0.2, 0.25) is 0 Å². The van der Waals surface area contributed by atoms with E-state index in [2.05, 4.69) is 0 Å². The SMILES string of the molecule is O=C1OCCN1c1ccc2c(c1)OCC1C(CO)OC(=O)N21. The number of fused-ring (bicyclic) bond motifs is 3. The number of ether oxygens (including phenoxy) is 3. The Hall–Kier alpha value is -2.48. The maximum absolute atomic E-state index is 12.0. The molecule has 0 aliphatic carbocycles. The topological polar surface area (TPSA) is 88.5 Å². The van der Waals surface area contributed by atoms with E-state index in [1.165, 1.54) is 9.80 Å². The largest absolute Gasteiger partial charge is 0.489 e. The zero-order valence-electron chi connectivity index (χ0n) is 11.6. The molecule has 8 nitrogen and oxygen atoms in total. The second-order valence-electron chi connectivity index (χ2n) is 5.27. The number of cyclic esters (lactones) is 2. The van der Waals surface area contributed by atoms with E-state index in [9.17, 15) is 14.7 Å². The van der Waals surface area contributed by atoms with E-state index >= 15 is 0 Å². The van der Waals surface area contributed by atoms with Crippen molar-refractivity contribution in [3.8, 4) is 5.75 Å². The molecule has 1 aromatic carbocycles. The molecule has 22 heavy (non-hydrogen) atoms. The van der Waals surface area contributed by atoms with Crippen LogP contribution in [0.4, 0.5) is 21.0 Å². The van der Waals surface area contributed by atoms with Gasteiger partial charge < -0.3 is 19.3 Å². The number of nitrogens with zero attached hydrogens (tertiary/aromatic N) is 2. The smallest absolute Gasteiger partial charge is 0.415 e. The van der Waals surface area contributed by atoms with Crippen molar-refractivity contribution in [2.75, 3.05) is 36.2 Å². The average molecular weight is 306 g/mol. The number of hydrogen-bond acceptors (Lipinski definition) is 6. The van der Waals surface area contributed by atoms with E-state index in [4.69, 9.17) is 14.2 Å². The predicted octanol–water partition coefficient (Wildman–Crippen LogP) is 0.722. The zero-order chi connectivity index (χ0) is 15.3. The van der Waals surface area contributed by atoms with Crippen LogP contribution in [0.25, 0.3) is 0 Å². The monoisotopic (exact) mass is 306 g/mol. The molecule has 3 heterocycles. The lowest BCUT2D eigenvalue weighted by molar-refractivity contribution is 0.0734. The zero-order valence-corrected chi connectivity index (χ0v) is 11.6. The molecule has 0 spiro atoms. The Morgan fingerprint density at radius 2 is 2.09 bits per heavy atom. The Morgan fingerprint density at radius 1 is 1.23 bits per heavy atom. The number of aliphatic hydroxyl groups excluding tert-OH is 1. The molecule has 2 saturated heterocycles. The molecular weight excluding hydrogens is 292 g/mol. The third kappa shape index (κ3) is 1.80. The van der Waals surface area contributed by atoms with E-state index in [0.29, 0.717) is 30.3 Å². The number of anilines is 2. The molecule has 8 heteroatoms. The highest BCUT2D eigenvalue weighted by atomic mass is 16.6. The summed E-state index contributed by atoms with van der Waals surface area (Å²) in [4.78, 5) is 26.6. The van der Waals surface area contributed by atoms with Crippen LogP contribution in [0.3, 0.4) is 0 Å². The van der Waals surface area contributed by atoms with Gasteiger partial charge in [0.1, 0.15) is 25.0 Å². The number of amides is 2. The lowest BCUT2D eigenvalue weighted by atomic mass is 10.1. The fourth-order valence-electron chi connectivity index (χ4n) is 2.97. The summed E-state index contributed by atoms with van der Waals surface area (Å²) in [5, 5.41) is 9.27. The van der Waals surface area contributed by atoms with Crippen LogP contribution in [0.2, 0.25) is 0 Å². The van der Waals surface area contributed by atoms with E-state index in [1.54, 1.807) is 18.2 Å². The Morgan fingerprint density at radius 3 is 2.82 bits per heavy atom. The van der Waals surface area contributed by atoms with E-state index in [1.807, 2.05) is 0 Å². The van der Waals surface area contributed by atoms with Crippen LogP contribution in [-0.2, 0) is 9.47 Å². The predicted molar refractivity (Wildman–Crippen MR) is 74.3 cm³/mol. The average Bonchev–Trinajstić information content (AvgIpc) is 3.10. The minimum atomic E-state index is -0.589. The fraction of sp³-hybridized carbons (Fsp3) is 0.429. The van der Waals surface area contributed by atoms with Crippen LogP contribution in [0.15, 0.2) is 18.2 Å². The van der Waals surface area contributed by atoms with Crippen LogP contribution in [0.1, 0.15) is 0 Å². The van der Waals surface area contributed by atoms with E-state index in [0.717, 1.165) is 0 Å². The number of aliphatic hydroxyl groups is 1. The summed E-state index contributed by atoms with van der Waals surface area (Å²) >= 11 is 0. The van der Waals surface area contributed by atoms with Crippen molar-refractivity contribution in [3.63, 3.8) is 0 Å². The summed E-state index contributed by atoms with van der Waals surface area (Å²) in [5.41, 5.74) is 1.24. The highest BCUT2D eigenvalue weighted by Crippen LogP contribution is 2.41. The molecule has 3 aliphatic rings. The van der Waals surface area contributed by atoms with Gasteiger partial charge in [-0.1, -0.05) is 0 Å². The minimum Gasteiger partial charge on any atom is -0.489 e. The van der Waals surface area contributed by atoms with Crippen molar-refractivity contribution in [2.24, 2.45) is 0 Å². The first-order chi connectivity index (χ1) is 10.7. The lowest BCUT2D eigenvalue weighted by Gasteiger charge is -2.31. The molecule has 0 aromatic heterocycles. The molecular formula is C14H14N2O6. The maximum Gasteiger partial charge on any atom is 0.415 e. The summed E-state index contributed by atoms with van der Waals surface area (Å²) in [7, 11) is 0. The van der Waals surface area contributed by atoms with Gasteiger partial charge in [0.25, 0.3) is 0 Å². The lowest BCUT2D eigenvalue weighted by Crippen LogP contribution is -2.45. The van der Waals surface area contributed by atoms with Gasteiger partial charge >= 0.3 is 12.2 Å². The van der Waals surface area contributed by atoms with Crippen molar-refractivity contribution in [1.82, 2.24) is 0 Å². The van der Waals surface area contributed by atoms with Crippen LogP contribution < -0.4 is 14.5 Å². The molecule has 0 bridgehead atoms. The van der Waals surface area contributed by atoms with Gasteiger partial charge in [0.15, 0.2) is 6.10 Å². The summed E-state index contributed by atoms with van der Waals surface area (Å²) in [6.45, 7) is 0.829. The molecule has 1 N–H and O–H groups in total. The van der Waals surface area contributed by atoms with Gasteiger partial charge in [-0.15, -0.1) is 0 Å². The van der Waals surface area contributed by atoms with Gasteiger partial charge in [-0.05, 0) is 12.1 Å². The Bertz CT molecular complexity index is 648. The van der Waals surface area contributed by atoms with Gasteiger partial charge in [-0.25, -0.2) is 9.59 Å². The van der Waals surface area contributed by atoms with Gasteiger partial charge in [-0.2, -0.15) is 0 Å². The third-order valence-electron chi connectivity index (χ3n) is 4.07. The molecule has 3 aliphatic heterocycles. The summed E-state index contributed by atoms with van der Waals surface area (Å²) in [6, 6.07) is 4.81. The van der Waals surface area contributed by atoms with Crippen LogP contribution in [-0.4, -0.2) is 55.8 Å². The maximum atomic E-state index is 12.0. The van der Waals surface area contributed by atoms with Gasteiger partial charge in [0, 0.05) is 6.07 Å².